The van der Waals surface area contributed by atoms with E-state index in [1.807, 2.05) is 0 Å². The lowest BCUT2D eigenvalue weighted by Gasteiger charge is -2.14. The van der Waals surface area contributed by atoms with Crippen molar-refractivity contribution in [3.63, 3.8) is 0 Å². The minimum absolute atomic E-state index is 0.123. The third-order valence-electron chi connectivity index (χ3n) is 4.63. The number of nitrogens with zero attached hydrogens (tertiary/aromatic N) is 2. The monoisotopic (exact) mass is 315 g/mol. The molecule has 116 valence electrons. The number of hydrogen-bond acceptors (Lipinski definition) is 4. The second-order valence-corrected chi connectivity index (χ2v) is 7.34. The highest BCUT2D eigenvalue weighted by Gasteiger charge is 2.33. The van der Waals surface area contributed by atoms with Crippen LogP contribution in [-0.2, 0) is 11.2 Å². The van der Waals surface area contributed by atoms with E-state index in [9.17, 15) is 4.79 Å². The van der Waals surface area contributed by atoms with Crippen molar-refractivity contribution in [2.45, 2.75) is 38.6 Å². The number of carbonyl (C=O) groups is 1. The number of carbonyl (C=O) groups excluding carboxylic acids is 1. The molecule has 1 aromatic heterocycles. The maximum Gasteiger partial charge on any atom is 0.225 e. The van der Waals surface area contributed by atoms with Crippen LogP contribution >= 0.6 is 11.3 Å². The van der Waals surface area contributed by atoms with Crippen LogP contribution in [-0.4, -0.2) is 30.0 Å². The van der Waals surface area contributed by atoms with Gasteiger partial charge in [0.1, 0.15) is 0 Å². The number of para-hydroxylation sites is 1. The molecule has 1 saturated heterocycles. The van der Waals surface area contributed by atoms with Crippen LogP contribution in [0.1, 0.15) is 31.7 Å². The molecule has 1 aliphatic heterocycles. The summed E-state index contributed by atoms with van der Waals surface area (Å²) in [6, 6.07) is 6.86. The van der Waals surface area contributed by atoms with Crippen LogP contribution in [0.25, 0.3) is 10.2 Å². The van der Waals surface area contributed by atoms with E-state index in [4.69, 9.17) is 4.98 Å². The van der Waals surface area contributed by atoms with Crippen molar-refractivity contribution in [1.29, 1.82) is 0 Å². The Bertz CT molecular complexity index is 707. The summed E-state index contributed by atoms with van der Waals surface area (Å²) in [7, 11) is 0. The fourth-order valence-corrected chi connectivity index (χ4v) is 4.16. The summed E-state index contributed by atoms with van der Waals surface area (Å²) in [4.78, 5) is 19.3. The van der Waals surface area contributed by atoms with Crippen molar-refractivity contribution in [3.05, 3.63) is 23.8 Å². The molecule has 0 spiro atoms. The van der Waals surface area contributed by atoms with Gasteiger partial charge in [0.05, 0.1) is 16.1 Å². The van der Waals surface area contributed by atoms with Crippen LogP contribution in [0.15, 0.2) is 18.2 Å². The van der Waals surface area contributed by atoms with Crippen molar-refractivity contribution < 1.29 is 4.79 Å². The highest BCUT2D eigenvalue weighted by Crippen LogP contribution is 2.34. The molecule has 1 atom stereocenters. The highest BCUT2D eigenvalue weighted by atomic mass is 32.1. The van der Waals surface area contributed by atoms with E-state index in [-0.39, 0.29) is 11.8 Å². The number of amides is 1. The van der Waals surface area contributed by atoms with E-state index < -0.39 is 0 Å². The Balaban J connectivity index is 1.51. The van der Waals surface area contributed by atoms with Crippen LogP contribution in [0.3, 0.4) is 0 Å². The van der Waals surface area contributed by atoms with Crippen molar-refractivity contribution in [1.82, 2.24) is 10.3 Å². The topological polar surface area (TPSA) is 45.2 Å². The maximum absolute atomic E-state index is 12.2. The van der Waals surface area contributed by atoms with Crippen LogP contribution in [0.5, 0.6) is 0 Å². The first-order valence-electron chi connectivity index (χ1n) is 8.18. The third-order valence-corrected chi connectivity index (χ3v) is 5.71. The predicted molar refractivity (Wildman–Crippen MR) is 90.5 cm³/mol. The summed E-state index contributed by atoms with van der Waals surface area (Å²) in [6.07, 6.45) is 4.25. The molecule has 1 N–H and O–H groups in total. The number of aromatic nitrogens is 1. The van der Waals surface area contributed by atoms with Gasteiger partial charge in [0, 0.05) is 19.1 Å². The second-order valence-electron chi connectivity index (χ2n) is 6.33. The number of benzene rings is 1. The molecule has 2 fully saturated rings. The number of rotatable bonds is 4. The average molecular weight is 315 g/mol. The minimum Gasteiger partial charge on any atom is -0.353 e. The first-order valence-corrected chi connectivity index (χ1v) is 9.00. The summed E-state index contributed by atoms with van der Waals surface area (Å²) in [5.41, 5.74) is 2.44. The fraction of sp³-hybridized carbons (Fsp3) is 0.529. The number of nitrogens with one attached hydrogen (secondary N) is 1. The van der Waals surface area contributed by atoms with Gasteiger partial charge in [0.15, 0.2) is 5.13 Å². The maximum atomic E-state index is 12.2. The molecule has 5 heteroatoms. The Morgan fingerprint density at radius 3 is 3.05 bits per heavy atom. The van der Waals surface area contributed by atoms with Crippen LogP contribution in [0.4, 0.5) is 5.13 Å². The molecule has 1 amide bonds. The molecule has 2 heterocycles. The second kappa shape index (κ2) is 5.54. The molecule has 4 rings (SSSR count). The largest absolute Gasteiger partial charge is 0.353 e. The lowest BCUT2D eigenvalue weighted by atomic mass is 10.1. The molecule has 22 heavy (non-hydrogen) atoms. The SMILES string of the molecule is CCc1cccc2sc(N3CCC(C(=O)NC4CC4)C3)nc12. The summed E-state index contributed by atoms with van der Waals surface area (Å²) in [5.74, 6) is 0.360. The number of thiazole rings is 1. The van der Waals surface area contributed by atoms with E-state index in [0.717, 1.165) is 49.4 Å². The van der Waals surface area contributed by atoms with Crippen molar-refractivity contribution >= 4 is 32.6 Å². The van der Waals surface area contributed by atoms with Gasteiger partial charge in [-0.1, -0.05) is 30.4 Å². The van der Waals surface area contributed by atoms with Crippen molar-refractivity contribution in [3.8, 4) is 0 Å². The Kier molecular flexibility index (Phi) is 3.53. The molecule has 1 unspecified atom stereocenters. The van der Waals surface area contributed by atoms with Gasteiger partial charge in [-0.3, -0.25) is 4.79 Å². The van der Waals surface area contributed by atoms with Crippen LogP contribution < -0.4 is 10.2 Å². The lowest BCUT2D eigenvalue weighted by Crippen LogP contribution is -2.34. The van der Waals surface area contributed by atoms with Gasteiger partial charge in [-0.2, -0.15) is 0 Å². The average Bonchev–Trinajstić information content (AvgIpc) is 3.06. The Hall–Kier alpha value is -1.62. The van der Waals surface area contributed by atoms with Gasteiger partial charge in [-0.05, 0) is 37.3 Å². The number of fused-ring (bicyclic) bond motifs is 1. The van der Waals surface area contributed by atoms with E-state index in [1.165, 1.54) is 10.3 Å². The molecular weight excluding hydrogens is 294 g/mol. The molecule has 2 aromatic rings. The lowest BCUT2D eigenvalue weighted by molar-refractivity contribution is -0.124. The fourth-order valence-electron chi connectivity index (χ4n) is 3.11. The normalized spacial score (nSPS) is 21.5. The van der Waals surface area contributed by atoms with Crippen molar-refractivity contribution in [2.24, 2.45) is 5.92 Å². The van der Waals surface area contributed by atoms with Gasteiger partial charge in [0.2, 0.25) is 5.91 Å². The van der Waals surface area contributed by atoms with E-state index in [2.05, 4.69) is 35.3 Å². The third kappa shape index (κ3) is 2.58. The first kappa shape index (κ1) is 14.0. The molecule has 2 aliphatic rings. The number of aryl methyl sites for hydroxylation is 1. The molecule has 1 aromatic carbocycles. The van der Waals surface area contributed by atoms with E-state index in [0.29, 0.717) is 6.04 Å². The Labute approximate surface area is 134 Å². The van der Waals surface area contributed by atoms with Gasteiger partial charge in [-0.25, -0.2) is 4.98 Å². The zero-order chi connectivity index (χ0) is 15.1. The zero-order valence-electron chi connectivity index (χ0n) is 12.8. The summed E-state index contributed by atoms with van der Waals surface area (Å²) in [6.45, 7) is 3.91. The molecule has 0 bridgehead atoms. The van der Waals surface area contributed by atoms with Crippen LogP contribution in [0.2, 0.25) is 0 Å². The van der Waals surface area contributed by atoms with Crippen LogP contribution in [0, 0.1) is 5.92 Å². The highest BCUT2D eigenvalue weighted by molar-refractivity contribution is 7.22. The van der Waals surface area contributed by atoms with Gasteiger partial charge < -0.3 is 10.2 Å². The van der Waals surface area contributed by atoms with Gasteiger partial charge in [-0.15, -0.1) is 0 Å². The first-order chi connectivity index (χ1) is 10.7. The summed E-state index contributed by atoms with van der Waals surface area (Å²) < 4.78 is 1.25. The van der Waals surface area contributed by atoms with E-state index in [1.54, 1.807) is 11.3 Å². The van der Waals surface area contributed by atoms with Gasteiger partial charge >= 0.3 is 0 Å². The molecule has 1 aliphatic carbocycles. The quantitative estimate of drug-likeness (QED) is 0.943. The Morgan fingerprint density at radius 2 is 2.27 bits per heavy atom. The summed E-state index contributed by atoms with van der Waals surface area (Å²) in [5, 5.41) is 4.20. The number of hydrogen-bond donors (Lipinski definition) is 1. The standard InChI is InChI=1S/C17H21N3OS/c1-2-11-4-3-5-14-15(11)19-17(22-14)20-9-8-12(10-20)16(21)18-13-6-7-13/h3-5,12-13H,2,6-10H2,1H3,(H,18,21). The number of anilines is 1. The predicted octanol–water partition coefficient (Wildman–Crippen LogP) is 2.96. The minimum atomic E-state index is 0.123. The van der Waals surface area contributed by atoms with E-state index >= 15 is 0 Å². The van der Waals surface area contributed by atoms with Crippen molar-refractivity contribution in [2.75, 3.05) is 18.0 Å². The zero-order valence-corrected chi connectivity index (χ0v) is 13.7. The summed E-state index contributed by atoms with van der Waals surface area (Å²) >= 11 is 1.75. The Morgan fingerprint density at radius 1 is 1.41 bits per heavy atom. The molecular formula is C17H21N3OS. The smallest absolute Gasteiger partial charge is 0.225 e. The molecule has 4 nitrogen and oxygen atoms in total. The molecule has 0 radical (unpaired) electrons. The molecule has 1 saturated carbocycles. The van der Waals surface area contributed by atoms with Gasteiger partial charge in [0.25, 0.3) is 0 Å².